The van der Waals surface area contributed by atoms with Crippen LogP contribution in [-0.4, -0.2) is 0 Å². The van der Waals surface area contributed by atoms with Crippen LogP contribution in [0.1, 0.15) is 74.5 Å². The van der Waals surface area contributed by atoms with Crippen LogP contribution < -0.4 is 0 Å². The van der Waals surface area contributed by atoms with Crippen molar-refractivity contribution in [3.05, 3.63) is 47.5 Å². The van der Waals surface area contributed by atoms with E-state index in [1.165, 1.54) is 69.8 Å². The maximum Gasteiger partial charge on any atom is -0.0245 e. The van der Waals surface area contributed by atoms with E-state index in [1.54, 1.807) is 17.5 Å². The topological polar surface area (TPSA) is 0 Å². The fraction of sp³-hybridized carbons (Fsp3) is 0.680. The molecular formula is C25H36. The van der Waals surface area contributed by atoms with Crippen LogP contribution in [0.3, 0.4) is 0 Å². The van der Waals surface area contributed by atoms with Crippen molar-refractivity contribution in [3.63, 3.8) is 0 Å². The summed E-state index contributed by atoms with van der Waals surface area (Å²) in [6.07, 6.45) is 18.0. The Morgan fingerprint density at radius 1 is 0.920 bits per heavy atom. The van der Waals surface area contributed by atoms with Crippen molar-refractivity contribution in [1.29, 1.82) is 0 Å². The van der Waals surface area contributed by atoms with E-state index in [2.05, 4.69) is 37.8 Å². The first-order chi connectivity index (χ1) is 12.2. The summed E-state index contributed by atoms with van der Waals surface area (Å²) in [6.45, 7) is 6.14. The summed E-state index contributed by atoms with van der Waals surface area (Å²) in [4.78, 5) is 0. The predicted molar refractivity (Wildman–Crippen MR) is 108 cm³/mol. The van der Waals surface area contributed by atoms with Gasteiger partial charge in [0.25, 0.3) is 0 Å². The molecule has 0 saturated heterocycles. The fourth-order valence-corrected chi connectivity index (χ4v) is 6.38. The molecular weight excluding hydrogens is 300 g/mol. The van der Waals surface area contributed by atoms with E-state index in [9.17, 15) is 0 Å². The lowest BCUT2D eigenvalue weighted by molar-refractivity contribution is 0.0699. The van der Waals surface area contributed by atoms with E-state index in [0.717, 1.165) is 29.6 Å². The molecule has 3 aliphatic rings. The second-order valence-corrected chi connectivity index (χ2v) is 9.41. The summed E-state index contributed by atoms with van der Waals surface area (Å²) in [5.41, 5.74) is 4.75. The number of hydrogen-bond acceptors (Lipinski definition) is 0. The first kappa shape index (κ1) is 17.4. The Balaban J connectivity index is 1.34. The van der Waals surface area contributed by atoms with E-state index >= 15 is 0 Å². The summed E-state index contributed by atoms with van der Waals surface area (Å²) in [7, 11) is 0. The van der Waals surface area contributed by atoms with Gasteiger partial charge in [-0.15, -0.1) is 6.58 Å². The summed E-state index contributed by atoms with van der Waals surface area (Å²) >= 11 is 0. The molecule has 0 amide bonds. The van der Waals surface area contributed by atoms with Gasteiger partial charge in [-0.1, -0.05) is 36.3 Å². The zero-order valence-electron chi connectivity index (χ0n) is 16.2. The number of allylic oxidation sites excluding steroid dienone is 1. The van der Waals surface area contributed by atoms with E-state index in [4.69, 9.17) is 0 Å². The minimum absolute atomic E-state index is 0.967. The van der Waals surface area contributed by atoms with Gasteiger partial charge in [0, 0.05) is 0 Å². The lowest BCUT2D eigenvalue weighted by Gasteiger charge is -2.45. The third-order valence-electron chi connectivity index (χ3n) is 7.84. The minimum atomic E-state index is 0.967. The maximum absolute atomic E-state index is 3.91. The van der Waals surface area contributed by atoms with Crippen LogP contribution in [0, 0.1) is 36.5 Å². The average molecular weight is 337 g/mol. The summed E-state index contributed by atoms with van der Waals surface area (Å²) < 4.78 is 0. The molecule has 0 heteroatoms. The number of fused-ring (bicyclic) bond motifs is 2. The smallest absolute Gasteiger partial charge is 0.0245 e. The molecule has 0 N–H and O–H groups in total. The van der Waals surface area contributed by atoms with Gasteiger partial charge in [-0.3, -0.25) is 0 Å². The highest BCUT2D eigenvalue weighted by Gasteiger charge is 2.38. The Hall–Kier alpha value is -1.04. The van der Waals surface area contributed by atoms with Gasteiger partial charge in [0.05, 0.1) is 0 Å². The van der Waals surface area contributed by atoms with Gasteiger partial charge >= 0.3 is 0 Å². The maximum atomic E-state index is 3.91. The van der Waals surface area contributed by atoms with Crippen molar-refractivity contribution in [2.45, 2.75) is 77.6 Å². The minimum Gasteiger partial charge on any atom is -0.103 e. The van der Waals surface area contributed by atoms with Crippen LogP contribution in [-0.2, 0) is 12.8 Å². The summed E-state index contributed by atoms with van der Waals surface area (Å²) in [6, 6.07) is 7.18. The molecule has 1 aromatic carbocycles. The second kappa shape index (κ2) is 7.68. The van der Waals surface area contributed by atoms with E-state index < -0.39 is 0 Å². The Morgan fingerprint density at radius 2 is 1.68 bits per heavy atom. The molecule has 3 aliphatic carbocycles. The van der Waals surface area contributed by atoms with Gasteiger partial charge in [-0.05, 0) is 112 Å². The molecule has 4 rings (SSSR count). The molecule has 0 nitrogen and oxygen atoms in total. The highest BCUT2D eigenvalue weighted by atomic mass is 14.4. The Bertz CT molecular complexity index is 598. The van der Waals surface area contributed by atoms with Crippen LogP contribution in [0.2, 0.25) is 0 Å². The van der Waals surface area contributed by atoms with Gasteiger partial charge in [-0.25, -0.2) is 0 Å². The van der Waals surface area contributed by atoms with Gasteiger partial charge in [-0.2, -0.15) is 0 Å². The molecule has 0 spiro atoms. The predicted octanol–water partition coefficient (Wildman–Crippen LogP) is 6.90. The van der Waals surface area contributed by atoms with Gasteiger partial charge < -0.3 is 0 Å². The molecule has 2 fully saturated rings. The molecule has 0 aliphatic heterocycles. The molecule has 3 unspecified atom stereocenters. The molecule has 25 heavy (non-hydrogen) atoms. The van der Waals surface area contributed by atoms with Crippen molar-refractivity contribution in [3.8, 4) is 0 Å². The van der Waals surface area contributed by atoms with Crippen LogP contribution in [0.4, 0.5) is 0 Å². The van der Waals surface area contributed by atoms with E-state index in [-0.39, 0.29) is 0 Å². The van der Waals surface area contributed by atoms with Crippen molar-refractivity contribution in [2.75, 3.05) is 0 Å². The molecule has 0 heterocycles. The fourth-order valence-electron chi connectivity index (χ4n) is 6.38. The monoisotopic (exact) mass is 336 g/mol. The third kappa shape index (κ3) is 3.88. The standard InChI is InChI=1S/C25H36/c1-3-4-5-19-7-9-23-17-25(13-11-21(23)15-19)24-12-10-20-14-18(2)6-8-22(20)16-24/h3,6,8,14,19,21,23-25H,1,4-5,7,9-13,15-17H2,2H3/t19-,21?,23-,24?,25?/m1/s1. The molecule has 0 radical (unpaired) electrons. The van der Waals surface area contributed by atoms with Crippen LogP contribution in [0.15, 0.2) is 30.9 Å². The molecule has 5 atom stereocenters. The SMILES string of the molecule is C=CCC[C@@H]1CC[C@@H]2CC(C3CCc4cc(C)ccc4C3)CCC2C1. The summed E-state index contributed by atoms with van der Waals surface area (Å²) in [5.74, 6) is 5.09. The van der Waals surface area contributed by atoms with Crippen molar-refractivity contribution in [1.82, 2.24) is 0 Å². The van der Waals surface area contributed by atoms with Crippen LogP contribution >= 0.6 is 0 Å². The molecule has 1 aromatic rings. The lowest BCUT2D eigenvalue weighted by atomic mass is 9.61. The first-order valence-electron chi connectivity index (χ1n) is 10.9. The Labute approximate surface area is 155 Å². The first-order valence-corrected chi connectivity index (χ1v) is 10.9. The summed E-state index contributed by atoms with van der Waals surface area (Å²) in [5, 5.41) is 0. The third-order valence-corrected chi connectivity index (χ3v) is 7.84. The van der Waals surface area contributed by atoms with Crippen LogP contribution in [0.5, 0.6) is 0 Å². The highest BCUT2D eigenvalue weighted by Crippen LogP contribution is 2.49. The van der Waals surface area contributed by atoms with Crippen molar-refractivity contribution in [2.24, 2.45) is 29.6 Å². The van der Waals surface area contributed by atoms with Crippen molar-refractivity contribution < 1.29 is 0 Å². The van der Waals surface area contributed by atoms with Gasteiger partial charge in [0.1, 0.15) is 0 Å². The van der Waals surface area contributed by atoms with Gasteiger partial charge in [0.15, 0.2) is 0 Å². The van der Waals surface area contributed by atoms with Crippen molar-refractivity contribution >= 4 is 0 Å². The quantitative estimate of drug-likeness (QED) is 0.525. The number of benzene rings is 1. The van der Waals surface area contributed by atoms with Gasteiger partial charge in [0.2, 0.25) is 0 Å². The number of hydrogen-bond donors (Lipinski definition) is 0. The largest absolute Gasteiger partial charge is 0.103 e. The highest BCUT2D eigenvalue weighted by molar-refractivity contribution is 5.33. The number of aryl methyl sites for hydroxylation is 2. The van der Waals surface area contributed by atoms with Crippen LogP contribution in [0.25, 0.3) is 0 Å². The zero-order chi connectivity index (χ0) is 17.2. The lowest BCUT2D eigenvalue weighted by Crippen LogP contribution is -2.35. The second-order valence-electron chi connectivity index (χ2n) is 9.41. The molecule has 136 valence electrons. The normalized spacial score (nSPS) is 34.8. The Kier molecular flexibility index (Phi) is 5.34. The number of rotatable bonds is 4. The molecule has 0 aromatic heterocycles. The zero-order valence-corrected chi connectivity index (χ0v) is 16.2. The average Bonchev–Trinajstić information content (AvgIpc) is 2.65. The Morgan fingerprint density at radius 3 is 2.52 bits per heavy atom. The van der Waals surface area contributed by atoms with E-state index in [1.807, 2.05) is 0 Å². The molecule has 0 bridgehead atoms. The van der Waals surface area contributed by atoms with E-state index in [0.29, 0.717) is 0 Å². The molecule has 2 saturated carbocycles.